The summed E-state index contributed by atoms with van der Waals surface area (Å²) in [6, 6.07) is 15.7. The number of amides is 1. The summed E-state index contributed by atoms with van der Waals surface area (Å²) < 4.78 is 21.5. The van der Waals surface area contributed by atoms with Crippen molar-refractivity contribution in [2.45, 2.75) is 0 Å². The monoisotopic (exact) mass is 459 g/mol. The molecule has 2 N–H and O–H groups in total. The predicted molar refractivity (Wildman–Crippen MR) is 134 cm³/mol. The highest BCUT2D eigenvalue weighted by molar-refractivity contribution is 6.00. The molecule has 4 rings (SSSR count). The molecule has 7 nitrogen and oxygen atoms in total. The van der Waals surface area contributed by atoms with E-state index in [-0.39, 0.29) is 11.7 Å². The van der Waals surface area contributed by atoms with Crippen LogP contribution in [0.3, 0.4) is 0 Å². The van der Waals surface area contributed by atoms with E-state index in [9.17, 15) is 9.18 Å². The van der Waals surface area contributed by atoms with Crippen LogP contribution in [0.2, 0.25) is 0 Å². The molecule has 0 saturated carbocycles. The number of hydrogen-bond donors (Lipinski definition) is 2. The largest absolute Gasteiger partial charge is 0.490 e. The SMILES string of the molecule is C=CC(=O)Nc1cc(Nc2cc3c(ccn3-c3cccc(F)c3)cn2)ccc1OCCN(C)C. The molecule has 2 aromatic heterocycles. The number of likely N-dealkylation sites (N-methyl/N-ethyl adjacent to an activating group) is 1. The van der Waals surface area contributed by atoms with Crippen LogP contribution in [0.25, 0.3) is 16.6 Å². The fourth-order valence-electron chi connectivity index (χ4n) is 3.45. The molecule has 1 amide bonds. The van der Waals surface area contributed by atoms with Gasteiger partial charge in [0, 0.05) is 41.8 Å². The molecule has 2 heterocycles. The molecule has 0 atom stereocenters. The molecule has 34 heavy (non-hydrogen) atoms. The topological polar surface area (TPSA) is 71.4 Å². The Morgan fingerprint density at radius 2 is 2.06 bits per heavy atom. The zero-order valence-corrected chi connectivity index (χ0v) is 19.1. The van der Waals surface area contributed by atoms with Crippen LogP contribution in [-0.2, 0) is 4.79 Å². The molecule has 0 bridgehead atoms. The number of carbonyl (C=O) groups excluding carboxylic acids is 1. The van der Waals surface area contributed by atoms with Gasteiger partial charge < -0.3 is 24.8 Å². The van der Waals surface area contributed by atoms with E-state index in [0.29, 0.717) is 23.9 Å². The maximum Gasteiger partial charge on any atom is 0.247 e. The zero-order valence-electron chi connectivity index (χ0n) is 19.1. The summed E-state index contributed by atoms with van der Waals surface area (Å²) in [6.45, 7) is 4.73. The van der Waals surface area contributed by atoms with Crippen LogP contribution in [0.1, 0.15) is 0 Å². The third-order valence-electron chi connectivity index (χ3n) is 5.15. The van der Waals surface area contributed by atoms with E-state index in [0.717, 1.165) is 28.8 Å². The minimum atomic E-state index is -0.331. The number of benzene rings is 2. The van der Waals surface area contributed by atoms with Gasteiger partial charge in [0.15, 0.2) is 0 Å². The van der Waals surface area contributed by atoms with E-state index < -0.39 is 0 Å². The third-order valence-corrected chi connectivity index (χ3v) is 5.15. The van der Waals surface area contributed by atoms with Crippen LogP contribution >= 0.6 is 0 Å². The Hall–Kier alpha value is -4.17. The minimum Gasteiger partial charge on any atom is -0.490 e. The lowest BCUT2D eigenvalue weighted by Gasteiger charge is -2.16. The fraction of sp³-hybridized carbons (Fsp3) is 0.154. The van der Waals surface area contributed by atoms with Crippen molar-refractivity contribution in [3.8, 4) is 11.4 Å². The van der Waals surface area contributed by atoms with Crippen molar-refractivity contribution in [1.82, 2.24) is 14.5 Å². The van der Waals surface area contributed by atoms with Gasteiger partial charge in [0.25, 0.3) is 0 Å². The Labute approximate surface area is 197 Å². The summed E-state index contributed by atoms with van der Waals surface area (Å²) in [5, 5.41) is 6.99. The van der Waals surface area contributed by atoms with Crippen LogP contribution in [0.5, 0.6) is 5.75 Å². The van der Waals surface area contributed by atoms with E-state index >= 15 is 0 Å². The second-order valence-corrected chi connectivity index (χ2v) is 7.98. The lowest BCUT2D eigenvalue weighted by molar-refractivity contribution is -0.111. The number of fused-ring (bicyclic) bond motifs is 1. The normalized spacial score (nSPS) is 10.9. The molecule has 0 unspecified atom stereocenters. The Morgan fingerprint density at radius 1 is 1.21 bits per heavy atom. The second-order valence-electron chi connectivity index (χ2n) is 7.98. The van der Waals surface area contributed by atoms with Gasteiger partial charge >= 0.3 is 0 Å². The number of hydrogen-bond acceptors (Lipinski definition) is 5. The van der Waals surface area contributed by atoms with Crippen molar-refractivity contribution in [3.63, 3.8) is 0 Å². The van der Waals surface area contributed by atoms with Crippen molar-refractivity contribution in [1.29, 1.82) is 0 Å². The molecule has 0 aliphatic heterocycles. The Bertz CT molecular complexity index is 1330. The molecule has 0 radical (unpaired) electrons. The Kier molecular flexibility index (Phi) is 6.89. The Balaban J connectivity index is 1.61. The average molecular weight is 460 g/mol. The van der Waals surface area contributed by atoms with Crippen molar-refractivity contribution in [2.24, 2.45) is 0 Å². The number of nitrogens with one attached hydrogen (secondary N) is 2. The van der Waals surface area contributed by atoms with Gasteiger partial charge in [0.2, 0.25) is 5.91 Å². The first-order valence-corrected chi connectivity index (χ1v) is 10.8. The van der Waals surface area contributed by atoms with Crippen molar-refractivity contribution < 1.29 is 13.9 Å². The van der Waals surface area contributed by atoms with E-state index in [1.54, 1.807) is 24.4 Å². The van der Waals surface area contributed by atoms with Gasteiger partial charge in [-0.15, -0.1) is 0 Å². The van der Waals surface area contributed by atoms with Gasteiger partial charge in [-0.1, -0.05) is 12.6 Å². The number of halogens is 1. The van der Waals surface area contributed by atoms with Gasteiger partial charge in [-0.2, -0.15) is 0 Å². The average Bonchev–Trinajstić information content (AvgIpc) is 3.23. The summed E-state index contributed by atoms with van der Waals surface area (Å²) in [4.78, 5) is 18.4. The summed E-state index contributed by atoms with van der Waals surface area (Å²) in [5.41, 5.74) is 2.85. The second kappa shape index (κ2) is 10.2. The molecular formula is C26H26FN5O2. The van der Waals surface area contributed by atoms with Crippen LogP contribution in [-0.4, -0.2) is 47.6 Å². The number of ether oxygens (including phenoxy) is 1. The number of carbonyl (C=O) groups is 1. The first-order chi connectivity index (χ1) is 16.4. The fourth-order valence-corrected chi connectivity index (χ4v) is 3.45. The van der Waals surface area contributed by atoms with Crippen LogP contribution in [0, 0.1) is 5.82 Å². The van der Waals surface area contributed by atoms with E-state index in [2.05, 4.69) is 22.2 Å². The molecule has 0 spiro atoms. The molecule has 4 aromatic rings. The number of aromatic nitrogens is 2. The van der Waals surface area contributed by atoms with Crippen LogP contribution in [0.4, 0.5) is 21.6 Å². The first kappa shape index (κ1) is 23.0. The first-order valence-electron chi connectivity index (χ1n) is 10.8. The van der Waals surface area contributed by atoms with Gasteiger partial charge in [-0.25, -0.2) is 9.37 Å². The lowest BCUT2D eigenvalue weighted by Crippen LogP contribution is -2.20. The van der Waals surface area contributed by atoms with Gasteiger partial charge in [-0.3, -0.25) is 4.79 Å². The molecule has 8 heteroatoms. The standard InChI is InChI=1S/C26H26FN5O2/c1-4-26(33)30-22-15-20(8-9-24(22)34-13-12-31(2)3)29-25-16-23-18(17-28-25)10-11-32(23)21-7-5-6-19(27)14-21/h4-11,14-17H,1,12-13H2,2-3H3,(H,28,29)(H,30,33). The predicted octanol–water partition coefficient (Wildman–Crippen LogP) is 4.97. The molecule has 0 fully saturated rings. The number of rotatable bonds is 9. The van der Waals surface area contributed by atoms with E-state index in [1.165, 1.54) is 18.2 Å². The van der Waals surface area contributed by atoms with Crippen LogP contribution < -0.4 is 15.4 Å². The maximum atomic E-state index is 13.7. The zero-order chi connectivity index (χ0) is 24.1. The van der Waals surface area contributed by atoms with Crippen molar-refractivity contribution in [2.75, 3.05) is 37.9 Å². The molecular weight excluding hydrogens is 433 g/mol. The maximum absolute atomic E-state index is 13.7. The highest BCUT2D eigenvalue weighted by atomic mass is 19.1. The molecule has 0 aliphatic carbocycles. The van der Waals surface area contributed by atoms with E-state index in [1.807, 2.05) is 54.0 Å². The quantitative estimate of drug-likeness (QED) is 0.346. The number of pyridine rings is 1. The van der Waals surface area contributed by atoms with Gasteiger partial charge in [-0.05, 0) is 62.6 Å². The smallest absolute Gasteiger partial charge is 0.247 e. The highest BCUT2D eigenvalue weighted by Gasteiger charge is 2.10. The van der Waals surface area contributed by atoms with E-state index in [4.69, 9.17) is 4.74 Å². The molecule has 2 aromatic carbocycles. The lowest BCUT2D eigenvalue weighted by atomic mass is 10.2. The summed E-state index contributed by atoms with van der Waals surface area (Å²) >= 11 is 0. The van der Waals surface area contributed by atoms with Crippen molar-refractivity contribution >= 4 is 34.0 Å². The number of nitrogens with zero attached hydrogens (tertiary/aromatic N) is 3. The molecule has 174 valence electrons. The highest BCUT2D eigenvalue weighted by Crippen LogP contribution is 2.30. The molecule has 0 saturated heterocycles. The third kappa shape index (κ3) is 5.41. The van der Waals surface area contributed by atoms with Gasteiger partial charge in [0.1, 0.15) is 24.0 Å². The van der Waals surface area contributed by atoms with Gasteiger partial charge in [0.05, 0.1) is 11.2 Å². The summed E-state index contributed by atoms with van der Waals surface area (Å²) in [7, 11) is 3.93. The minimum absolute atomic E-state index is 0.297. The van der Waals surface area contributed by atoms with Crippen molar-refractivity contribution in [3.05, 3.63) is 85.5 Å². The summed E-state index contributed by atoms with van der Waals surface area (Å²) in [6.07, 6.45) is 4.85. The molecule has 0 aliphatic rings. The van der Waals surface area contributed by atoms with Crippen LogP contribution in [0.15, 0.2) is 79.6 Å². The Morgan fingerprint density at radius 3 is 2.82 bits per heavy atom. The number of anilines is 3. The summed E-state index contributed by atoms with van der Waals surface area (Å²) in [5.74, 6) is 0.535.